The summed E-state index contributed by atoms with van der Waals surface area (Å²) in [5.74, 6) is -1.12. The van der Waals surface area contributed by atoms with Crippen molar-refractivity contribution in [3.8, 4) is 0 Å². The van der Waals surface area contributed by atoms with Gasteiger partial charge in [-0.3, -0.25) is 4.79 Å². The molecular weight excluding hydrogens is 290 g/mol. The summed E-state index contributed by atoms with van der Waals surface area (Å²) in [4.78, 5) is 22.1. The molecule has 20 heavy (non-hydrogen) atoms. The fraction of sp³-hybridized carbons (Fsp3) is 0.800. The van der Waals surface area contributed by atoms with Crippen LogP contribution < -0.4 is 4.72 Å². The minimum absolute atomic E-state index is 0.00132. The number of quaternary nitrogens is 1. The van der Waals surface area contributed by atoms with E-state index in [1.165, 1.54) is 0 Å². The second-order valence-electron chi connectivity index (χ2n) is 5.58. The largest absolute Gasteiger partial charge is 0.481 e. The number of nitrogens with one attached hydrogen (secondary N) is 1. The first-order chi connectivity index (χ1) is 9.01. The molecule has 0 aliphatic carbocycles. The molecule has 10 heteroatoms. The minimum Gasteiger partial charge on any atom is -0.481 e. The van der Waals surface area contributed by atoms with Gasteiger partial charge in [-0.05, 0) is 0 Å². The lowest BCUT2D eigenvalue weighted by Crippen LogP contribution is -2.53. The number of carbonyl (C=O) groups excluding carboxylic acids is 1. The van der Waals surface area contributed by atoms with Crippen molar-refractivity contribution in [3.63, 3.8) is 0 Å². The van der Waals surface area contributed by atoms with Crippen LogP contribution >= 0.6 is 0 Å². The van der Waals surface area contributed by atoms with E-state index in [1.54, 1.807) is 0 Å². The van der Waals surface area contributed by atoms with Gasteiger partial charge < -0.3 is 14.3 Å². The van der Waals surface area contributed by atoms with Crippen LogP contribution in [0.1, 0.15) is 6.42 Å². The number of nitrogens with zero attached hydrogens (tertiary/aromatic N) is 2. The van der Waals surface area contributed by atoms with Gasteiger partial charge in [0.1, 0.15) is 6.61 Å². The van der Waals surface area contributed by atoms with Crippen LogP contribution in [0.4, 0.5) is 4.79 Å². The lowest BCUT2D eigenvalue weighted by Gasteiger charge is -2.29. The van der Waals surface area contributed by atoms with E-state index in [4.69, 9.17) is 5.11 Å². The van der Waals surface area contributed by atoms with Crippen LogP contribution in [0, 0.1) is 0 Å². The molecule has 1 saturated heterocycles. The third-order valence-corrected chi connectivity index (χ3v) is 4.06. The van der Waals surface area contributed by atoms with Gasteiger partial charge in [0, 0.05) is 0 Å². The van der Waals surface area contributed by atoms with Crippen LogP contribution in [0.5, 0.6) is 0 Å². The predicted molar refractivity (Wildman–Crippen MR) is 69.0 cm³/mol. The number of likely N-dealkylation sites (N-methyl/N-ethyl adjacent to an activating group) is 1. The van der Waals surface area contributed by atoms with Crippen LogP contribution in [-0.4, -0.2) is 81.3 Å². The summed E-state index contributed by atoms with van der Waals surface area (Å²) in [6, 6.07) is -0.814. The van der Waals surface area contributed by atoms with Crippen molar-refractivity contribution < 1.29 is 32.3 Å². The highest BCUT2D eigenvalue weighted by atomic mass is 32.2. The number of hydrogen-bond acceptors (Lipinski definition) is 5. The normalized spacial score (nSPS) is 17.9. The van der Waals surface area contributed by atoms with Gasteiger partial charge in [0.15, 0.2) is 0 Å². The van der Waals surface area contributed by atoms with E-state index in [0.29, 0.717) is 8.79 Å². The topological polar surface area (TPSA) is 113 Å². The van der Waals surface area contributed by atoms with Gasteiger partial charge in [-0.2, -0.15) is 17.4 Å². The maximum atomic E-state index is 12.0. The molecule has 0 radical (unpaired) electrons. The lowest BCUT2D eigenvalue weighted by atomic mass is 10.2. The van der Waals surface area contributed by atoms with Crippen LogP contribution in [0.2, 0.25) is 0 Å². The van der Waals surface area contributed by atoms with Crippen LogP contribution in [0.25, 0.3) is 0 Å². The van der Waals surface area contributed by atoms with E-state index >= 15 is 0 Å². The second kappa shape index (κ2) is 5.94. The smallest absolute Gasteiger partial charge is 0.424 e. The van der Waals surface area contributed by atoms with Crippen molar-refractivity contribution in [2.75, 3.05) is 40.8 Å². The highest BCUT2D eigenvalue weighted by Crippen LogP contribution is 2.10. The number of carboxylic acids is 1. The molecule has 1 aliphatic heterocycles. The number of carboxylic acid groups (broad SMARTS) is 1. The van der Waals surface area contributed by atoms with Crippen LogP contribution in [-0.2, 0) is 19.7 Å². The maximum Gasteiger partial charge on any atom is 0.424 e. The molecule has 1 atom stereocenters. The number of cyclic esters (lactones) is 1. The summed E-state index contributed by atoms with van der Waals surface area (Å²) in [5, 5.41) is 8.85. The molecule has 2 N–H and O–H groups in total. The second-order valence-corrected chi connectivity index (χ2v) is 7.20. The molecular formula is C10H20N3O6S+. The van der Waals surface area contributed by atoms with Crippen LogP contribution in [0.15, 0.2) is 0 Å². The third-order valence-electron chi connectivity index (χ3n) is 2.52. The Hall–Kier alpha value is -1.39. The quantitative estimate of drug-likeness (QED) is 0.572. The van der Waals surface area contributed by atoms with Gasteiger partial charge in [-0.1, -0.05) is 0 Å². The molecule has 1 aliphatic rings. The SMILES string of the molecule is C[N+](C)(C)CC(CC(=O)O)NS(=O)(=O)N1CCOC1=O. The Morgan fingerprint density at radius 2 is 2.10 bits per heavy atom. The van der Waals surface area contributed by atoms with Crippen molar-refractivity contribution in [2.45, 2.75) is 12.5 Å². The zero-order chi connectivity index (χ0) is 15.6. The van der Waals surface area contributed by atoms with Gasteiger partial charge in [0.25, 0.3) is 0 Å². The summed E-state index contributed by atoms with van der Waals surface area (Å²) in [5.41, 5.74) is 0. The first-order valence-electron chi connectivity index (χ1n) is 6.00. The molecule has 0 aromatic carbocycles. The van der Waals surface area contributed by atoms with Crippen LogP contribution in [0.3, 0.4) is 0 Å². The number of rotatable bonds is 7. The van der Waals surface area contributed by atoms with Gasteiger partial charge in [0.05, 0.1) is 46.7 Å². The standard InChI is InChI=1S/C10H19N3O6S/c1-13(2,3)7-8(6-9(14)15)11-20(17,18)12-4-5-19-10(12)16/h8,11H,4-7H2,1-3H3/p+1. The lowest BCUT2D eigenvalue weighted by molar-refractivity contribution is -0.871. The minimum atomic E-state index is -4.09. The zero-order valence-corrected chi connectivity index (χ0v) is 12.5. The first kappa shape index (κ1) is 16.7. The summed E-state index contributed by atoms with van der Waals surface area (Å²) < 4.78 is 31.8. The van der Waals surface area contributed by atoms with E-state index < -0.39 is 28.3 Å². The van der Waals surface area contributed by atoms with Crippen molar-refractivity contribution in [1.29, 1.82) is 0 Å². The molecule has 1 rings (SSSR count). The van der Waals surface area contributed by atoms with E-state index in [9.17, 15) is 18.0 Å². The van der Waals surface area contributed by atoms with E-state index in [-0.39, 0.29) is 26.1 Å². The molecule has 116 valence electrons. The van der Waals surface area contributed by atoms with Gasteiger partial charge in [-0.25, -0.2) is 4.79 Å². The zero-order valence-electron chi connectivity index (χ0n) is 11.7. The molecule has 1 heterocycles. The predicted octanol–water partition coefficient (Wildman–Crippen LogP) is -1.18. The average molecular weight is 310 g/mol. The van der Waals surface area contributed by atoms with E-state index in [0.717, 1.165) is 0 Å². The Kier molecular flexibility index (Phi) is 4.95. The molecule has 1 amide bonds. The monoisotopic (exact) mass is 310 g/mol. The Balaban J connectivity index is 2.82. The summed E-state index contributed by atoms with van der Waals surface area (Å²) in [7, 11) is 1.35. The van der Waals surface area contributed by atoms with Gasteiger partial charge >= 0.3 is 22.3 Å². The molecule has 0 saturated carbocycles. The molecule has 0 spiro atoms. The molecule has 9 nitrogen and oxygen atoms in total. The fourth-order valence-electron chi connectivity index (χ4n) is 1.89. The number of carbonyl (C=O) groups is 2. The Morgan fingerprint density at radius 3 is 2.50 bits per heavy atom. The Labute approximate surface area is 117 Å². The molecule has 0 aromatic rings. The van der Waals surface area contributed by atoms with Gasteiger partial charge in [-0.15, -0.1) is 0 Å². The maximum absolute atomic E-state index is 12.0. The molecule has 1 fully saturated rings. The fourth-order valence-corrected chi connectivity index (χ4v) is 3.16. The van der Waals surface area contributed by atoms with Crippen molar-refractivity contribution in [1.82, 2.24) is 9.03 Å². The molecule has 0 bridgehead atoms. The average Bonchev–Trinajstić information content (AvgIpc) is 2.59. The molecule has 1 unspecified atom stereocenters. The van der Waals surface area contributed by atoms with Crippen molar-refractivity contribution in [3.05, 3.63) is 0 Å². The highest BCUT2D eigenvalue weighted by molar-refractivity contribution is 7.87. The van der Waals surface area contributed by atoms with Crippen molar-refractivity contribution in [2.24, 2.45) is 0 Å². The van der Waals surface area contributed by atoms with E-state index in [2.05, 4.69) is 9.46 Å². The Bertz CT molecular complexity index is 484. The Morgan fingerprint density at radius 1 is 1.50 bits per heavy atom. The summed E-state index contributed by atoms with van der Waals surface area (Å²) in [6.07, 6.45) is -1.31. The number of hydrogen-bond donors (Lipinski definition) is 2. The highest BCUT2D eigenvalue weighted by Gasteiger charge is 2.36. The number of aliphatic carboxylic acids is 1. The number of amides is 1. The number of ether oxygens (including phenoxy) is 1. The molecule has 0 aromatic heterocycles. The summed E-state index contributed by atoms with van der Waals surface area (Å²) >= 11 is 0. The van der Waals surface area contributed by atoms with Crippen molar-refractivity contribution >= 4 is 22.3 Å². The first-order valence-corrected chi connectivity index (χ1v) is 7.44. The van der Waals surface area contributed by atoms with E-state index in [1.807, 2.05) is 21.1 Å². The third kappa shape index (κ3) is 4.94. The summed E-state index contributed by atoms with van der Waals surface area (Å²) in [6.45, 7) is 0.200. The van der Waals surface area contributed by atoms with Gasteiger partial charge in [0.2, 0.25) is 0 Å².